The average molecular weight is 901 g/mol. The Balaban J connectivity index is 0.000000779. The van der Waals surface area contributed by atoms with Crippen LogP contribution in [0.15, 0.2) is 194 Å². The standard InChI is InChI=1S/C62H64.C7H8/c1-9-18-54-53(26-17-27-55(54)49-22-13-11-20-40(49)3)44-28-30-45(31-29-44)61-57(19-10-2)59(50-23-14-12-21-41(50)4)39-48-37-46(33-35-60(48)62(61,7)8)47-32-34-52-43(6)36-42(5)51-24-15-16-25-56(51)58(52)38-47;1-7-5-3-2-4-6-7/h11-17,19-35,37-38,42-43,59,61H,9-10,18,36,39H2,1-8H3;2-6H,1H3/b57-19+;. The van der Waals surface area contributed by atoms with Gasteiger partial charge in [0.1, 0.15) is 0 Å². The second-order valence-electron chi connectivity index (χ2n) is 20.9. The Labute approximate surface area is 415 Å². The van der Waals surface area contributed by atoms with Gasteiger partial charge in [0.25, 0.3) is 0 Å². The van der Waals surface area contributed by atoms with Gasteiger partial charge in [-0.05, 0) is 159 Å². The van der Waals surface area contributed by atoms with Crippen molar-refractivity contribution >= 4 is 0 Å². The number of benzene rings is 8. The number of hydrogen-bond acceptors (Lipinski definition) is 0. The lowest BCUT2D eigenvalue weighted by Gasteiger charge is -2.38. The second kappa shape index (κ2) is 20.6. The molecule has 0 nitrogen and oxygen atoms in total. The van der Waals surface area contributed by atoms with Crippen molar-refractivity contribution < 1.29 is 0 Å². The summed E-state index contributed by atoms with van der Waals surface area (Å²) in [5.74, 6) is 1.52. The summed E-state index contributed by atoms with van der Waals surface area (Å²) in [5, 5.41) is 0. The minimum Gasteiger partial charge on any atom is -0.0843 e. The lowest BCUT2D eigenvalue weighted by molar-refractivity contribution is 0.446. The molecule has 0 heteroatoms. The van der Waals surface area contributed by atoms with Gasteiger partial charge in [-0.25, -0.2) is 0 Å². The van der Waals surface area contributed by atoms with Crippen LogP contribution >= 0.6 is 0 Å². The maximum atomic E-state index is 2.58. The summed E-state index contributed by atoms with van der Waals surface area (Å²) in [5.41, 5.74) is 26.4. The van der Waals surface area contributed by atoms with Crippen molar-refractivity contribution in [3.63, 3.8) is 0 Å². The van der Waals surface area contributed by atoms with Crippen LogP contribution in [-0.4, -0.2) is 0 Å². The van der Waals surface area contributed by atoms with Crippen molar-refractivity contribution in [1.82, 2.24) is 0 Å². The minimum atomic E-state index is -0.162. The molecule has 0 N–H and O–H groups in total. The largest absolute Gasteiger partial charge is 0.0843 e. The summed E-state index contributed by atoms with van der Waals surface area (Å²) in [6, 6.07) is 68.9. The average Bonchev–Trinajstić information content (AvgIpc) is 3.53. The zero-order valence-corrected chi connectivity index (χ0v) is 42.7. The SMILES string of the molecule is CC/C=C1\C(c2ccccc2C)Cc2cc(-c3ccc4c(c3)-c3ccccc3C(C)CC4C)ccc2C(C)(C)C1c1ccc(-c2cccc(-c3ccccc3C)c2CCC)cc1.Cc1ccccc1. The van der Waals surface area contributed by atoms with Crippen LogP contribution < -0.4 is 0 Å². The predicted molar refractivity (Wildman–Crippen MR) is 298 cm³/mol. The molecule has 0 bridgehead atoms. The normalized spacial score (nSPS) is 18.7. The molecule has 8 aromatic carbocycles. The van der Waals surface area contributed by atoms with E-state index in [2.05, 4.69) is 232 Å². The third-order valence-corrected chi connectivity index (χ3v) is 15.7. The molecule has 0 fully saturated rings. The topological polar surface area (TPSA) is 0 Å². The zero-order chi connectivity index (χ0) is 48.2. The van der Waals surface area contributed by atoms with Crippen LogP contribution in [0.3, 0.4) is 0 Å². The van der Waals surface area contributed by atoms with Crippen LogP contribution in [0.2, 0.25) is 0 Å². The van der Waals surface area contributed by atoms with Crippen LogP contribution in [-0.2, 0) is 18.3 Å². The van der Waals surface area contributed by atoms with E-state index in [-0.39, 0.29) is 17.3 Å². The molecule has 2 aliphatic rings. The molecule has 69 heavy (non-hydrogen) atoms. The molecule has 8 aromatic rings. The Morgan fingerprint density at radius 3 is 1.75 bits per heavy atom. The first kappa shape index (κ1) is 47.6. The van der Waals surface area contributed by atoms with Crippen LogP contribution in [0.25, 0.3) is 44.5 Å². The molecule has 4 unspecified atom stereocenters. The number of rotatable bonds is 8. The molecule has 0 saturated heterocycles. The lowest BCUT2D eigenvalue weighted by Crippen LogP contribution is -2.29. The second-order valence-corrected chi connectivity index (χ2v) is 20.9. The van der Waals surface area contributed by atoms with Gasteiger partial charge in [-0.1, -0.05) is 241 Å². The Morgan fingerprint density at radius 2 is 1.09 bits per heavy atom. The van der Waals surface area contributed by atoms with Gasteiger partial charge in [0.05, 0.1) is 0 Å². The van der Waals surface area contributed by atoms with Crippen LogP contribution in [0.4, 0.5) is 0 Å². The molecular weight excluding hydrogens is 829 g/mol. The van der Waals surface area contributed by atoms with Gasteiger partial charge in [-0.3, -0.25) is 0 Å². The zero-order valence-electron chi connectivity index (χ0n) is 42.7. The van der Waals surface area contributed by atoms with E-state index in [0.29, 0.717) is 11.8 Å². The molecule has 2 aliphatic carbocycles. The fourth-order valence-electron chi connectivity index (χ4n) is 12.3. The van der Waals surface area contributed by atoms with Gasteiger partial charge < -0.3 is 0 Å². The van der Waals surface area contributed by atoms with Crippen molar-refractivity contribution in [2.24, 2.45) is 0 Å². The van der Waals surface area contributed by atoms with Crippen molar-refractivity contribution in [2.75, 3.05) is 0 Å². The van der Waals surface area contributed by atoms with Gasteiger partial charge in [0.15, 0.2) is 0 Å². The summed E-state index contributed by atoms with van der Waals surface area (Å²) < 4.78 is 0. The molecule has 0 amide bonds. The highest BCUT2D eigenvalue weighted by Crippen LogP contribution is 2.54. The van der Waals surface area contributed by atoms with Crippen molar-refractivity contribution in [2.45, 2.75) is 124 Å². The quantitative estimate of drug-likeness (QED) is 0.105. The highest BCUT2D eigenvalue weighted by Gasteiger charge is 2.42. The van der Waals surface area contributed by atoms with Gasteiger partial charge in [0.2, 0.25) is 0 Å². The Morgan fingerprint density at radius 1 is 0.507 bits per heavy atom. The van der Waals surface area contributed by atoms with E-state index in [9.17, 15) is 0 Å². The first-order valence-corrected chi connectivity index (χ1v) is 25.9. The third kappa shape index (κ3) is 9.61. The van der Waals surface area contributed by atoms with E-state index in [1.165, 1.54) is 107 Å². The first-order valence-electron chi connectivity index (χ1n) is 25.9. The van der Waals surface area contributed by atoms with Crippen LogP contribution in [0, 0.1) is 20.8 Å². The van der Waals surface area contributed by atoms with Crippen LogP contribution in [0.5, 0.6) is 0 Å². The fourth-order valence-corrected chi connectivity index (χ4v) is 12.3. The van der Waals surface area contributed by atoms with Gasteiger partial charge in [-0.2, -0.15) is 0 Å². The summed E-state index contributed by atoms with van der Waals surface area (Å²) >= 11 is 0. The summed E-state index contributed by atoms with van der Waals surface area (Å²) in [7, 11) is 0. The monoisotopic (exact) mass is 901 g/mol. The van der Waals surface area contributed by atoms with Gasteiger partial charge in [0, 0.05) is 17.3 Å². The maximum absolute atomic E-state index is 2.58. The third-order valence-electron chi connectivity index (χ3n) is 15.7. The summed E-state index contributed by atoms with van der Waals surface area (Å²) in [6.45, 7) is 21.1. The Hall–Kier alpha value is -6.50. The smallest absolute Gasteiger partial charge is 0.0146 e. The van der Waals surface area contributed by atoms with Crippen molar-refractivity contribution in [3.05, 3.63) is 249 Å². The van der Waals surface area contributed by atoms with Crippen molar-refractivity contribution in [1.29, 1.82) is 0 Å². The lowest BCUT2D eigenvalue weighted by atomic mass is 9.65. The number of fused-ring (bicyclic) bond motifs is 4. The van der Waals surface area contributed by atoms with E-state index in [1.807, 2.05) is 18.2 Å². The van der Waals surface area contributed by atoms with E-state index in [4.69, 9.17) is 0 Å². The summed E-state index contributed by atoms with van der Waals surface area (Å²) in [6.07, 6.45) is 7.90. The molecule has 0 saturated carbocycles. The molecule has 4 atom stereocenters. The molecule has 10 rings (SSSR count). The molecule has 0 radical (unpaired) electrons. The predicted octanol–water partition coefficient (Wildman–Crippen LogP) is 19.3. The van der Waals surface area contributed by atoms with E-state index in [0.717, 1.165) is 25.7 Å². The maximum Gasteiger partial charge on any atom is 0.0146 e. The highest BCUT2D eigenvalue weighted by molar-refractivity contribution is 5.81. The number of hydrogen-bond donors (Lipinski definition) is 0. The van der Waals surface area contributed by atoms with Gasteiger partial charge >= 0.3 is 0 Å². The highest BCUT2D eigenvalue weighted by atomic mass is 14.5. The van der Waals surface area contributed by atoms with E-state index >= 15 is 0 Å². The number of allylic oxidation sites excluding steroid dienone is 2. The van der Waals surface area contributed by atoms with Crippen molar-refractivity contribution in [3.8, 4) is 44.5 Å². The number of aryl methyl sites for hydroxylation is 3. The molecule has 0 aromatic heterocycles. The first-order chi connectivity index (χ1) is 33.5. The minimum absolute atomic E-state index is 0.162. The summed E-state index contributed by atoms with van der Waals surface area (Å²) in [4.78, 5) is 0. The molecule has 348 valence electrons. The van der Waals surface area contributed by atoms with E-state index < -0.39 is 0 Å². The molecule has 0 heterocycles. The fraction of sp³-hybridized carbons (Fsp3) is 0.275. The molecule has 0 spiro atoms. The molecule has 0 aliphatic heterocycles. The van der Waals surface area contributed by atoms with Gasteiger partial charge in [-0.15, -0.1) is 0 Å². The molecular formula is C69H72. The van der Waals surface area contributed by atoms with E-state index in [1.54, 1.807) is 5.57 Å². The Bertz CT molecular complexity index is 3080. The van der Waals surface area contributed by atoms with Crippen LogP contribution in [0.1, 0.15) is 140 Å². The Kier molecular flexibility index (Phi) is 14.2.